The number of carbonyl (C=O) groups is 2. The number of ether oxygens (including phenoxy) is 1. The van der Waals surface area contributed by atoms with Crippen molar-refractivity contribution < 1.29 is 14.3 Å². The minimum atomic E-state index is -0.600. The van der Waals surface area contributed by atoms with Crippen LogP contribution in [0.1, 0.15) is 147 Å². The van der Waals surface area contributed by atoms with Gasteiger partial charge in [-0.3, -0.25) is 4.79 Å². The fourth-order valence-electron chi connectivity index (χ4n) is 6.46. The monoisotopic (exact) mass is 604 g/mol. The number of fused-ring (bicyclic) bond motifs is 3. The van der Waals surface area contributed by atoms with Gasteiger partial charge in [-0.15, -0.1) is 0 Å². The Labute approximate surface area is 268 Å². The highest BCUT2D eigenvalue weighted by molar-refractivity contribution is 5.86. The molecule has 3 rings (SSSR count). The fourth-order valence-corrected chi connectivity index (χ4v) is 6.46. The molecule has 0 unspecified atom stereocenters. The Morgan fingerprint density at radius 1 is 0.682 bits per heavy atom. The molecule has 2 aromatic carbocycles. The molecule has 0 aliphatic heterocycles. The smallest absolute Gasteiger partial charge is 0.407 e. The van der Waals surface area contributed by atoms with Crippen molar-refractivity contribution in [3.05, 3.63) is 59.7 Å². The van der Waals surface area contributed by atoms with Crippen molar-refractivity contribution in [1.82, 2.24) is 10.6 Å². The number of rotatable bonds is 23. The lowest BCUT2D eigenvalue weighted by atomic mass is 9.98. The molecule has 2 N–H and O–H groups in total. The maximum absolute atomic E-state index is 13.0. The normalized spacial score (nSPS) is 13.6. The largest absolute Gasteiger partial charge is 0.449 e. The first-order valence-electron chi connectivity index (χ1n) is 18.0. The molecule has 0 heterocycles. The zero-order valence-corrected chi connectivity index (χ0v) is 28.0. The molecule has 0 bridgehead atoms. The van der Waals surface area contributed by atoms with Gasteiger partial charge >= 0.3 is 6.09 Å². The molecule has 244 valence electrons. The molecule has 2 atom stereocenters. The lowest BCUT2D eigenvalue weighted by Gasteiger charge is -2.24. The van der Waals surface area contributed by atoms with Crippen LogP contribution in [0.2, 0.25) is 0 Å². The van der Waals surface area contributed by atoms with E-state index >= 15 is 0 Å². The van der Waals surface area contributed by atoms with E-state index in [4.69, 9.17) is 4.74 Å². The number of benzene rings is 2. The predicted molar refractivity (Wildman–Crippen MR) is 184 cm³/mol. The minimum absolute atomic E-state index is 0.000991. The molecule has 5 nitrogen and oxygen atoms in total. The molecule has 2 amide bonds. The Morgan fingerprint density at radius 2 is 1.14 bits per heavy atom. The summed E-state index contributed by atoms with van der Waals surface area (Å²) in [4.78, 5) is 25.9. The summed E-state index contributed by atoms with van der Waals surface area (Å²) in [6, 6.07) is 16.0. The maximum Gasteiger partial charge on any atom is 0.407 e. The highest BCUT2D eigenvalue weighted by Crippen LogP contribution is 2.44. The highest BCUT2D eigenvalue weighted by atomic mass is 16.5. The van der Waals surface area contributed by atoms with Crippen LogP contribution in [-0.4, -0.2) is 31.2 Å². The third kappa shape index (κ3) is 11.9. The summed E-state index contributed by atoms with van der Waals surface area (Å²) in [7, 11) is 0. The van der Waals surface area contributed by atoms with E-state index in [-0.39, 0.29) is 24.3 Å². The van der Waals surface area contributed by atoms with Gasteiger partial charge in [0, 0.05) is 12.5 Å². The SMILES string of the molecule is CCCCCCCCCCCCCCCCCCNC(=O)[C@@H](NC(=O)OCC1c2ccccc2-c2ccccc21)[C@@H](C)CC. The van der Waals surface area contributed by atoms with Crippen molar-refractivity contribution >= 4 is 12.0 Å². The number of hydrogen-bond donors (Lipinski definition) is 2. The molecule has 1 aliphatic carbocycles. The molecule has 2 aromatic rings. The molecule has 1 aliphatic rings. The van der Waals surface area contributed by atoms with Gasteiger partial charge in [-0.25, -0.2) is 4.79 Å². The van der Waals surface area contributed by atoms with Crippen LogP contribution in [0.15, 0.2) is 48.5 Å². The second-order valence-corrected chi connectivity index (χ2v) is 12.9. The lowest BCUT2D eigenvalue weighted by Crippen LogP contribution is -2.50. The summed E-state index contributed by atoms with van der Waals surface area (Å²) in [6.07, 6.45) is 21.6. The Kier molecular flexibility index (Phi) is 17.0. The van der Waals surface area contributed by atoms with Gasteiger partial charge in [-0.05, 0) is 34.6 Å². The van der Waals surface area contributed by atoms with Crippen molar-refractivity contribution in [2.24, 2.45) is 5.92 Å². The number of unbranched alkanes of at least 4 members (excludes halogenated alkanes) is 15. The van der Waals surface area contributed by atoms with E-state index in [2.05, 4.69) is 41.8 Å². The Morgan fingerprint density at radius 3 is 1.61 bits per heavy atom. The van der Waals surface area contributed by atoms with Crippen LogP contribution in [0.25, 0.3) is 11.1 Å². The Bertz CT molecular complexity index is 1050. The van der Waals surface area contributed by atoms with Gasteiger partial charge in [0.2, 0.25) is 5.91 Å². The third-order valence-corrected chi connectivity index (χ3v) is 9.44. The second-order valence-electron chi connectivity index (χ2n) is 12.9. The number of alkyl carbamates (subject to hydrolysis) is 1. The summed E-state index contributed by atoms with van der Waals surface area (Å²) in [6.45, 7) is 7.22. The molecule has 5 heteroatoms. The quantitative estimate of drug-likeness (QED) is 0.124. The van der Waals surface area contributed by atoms with Crippen LogP contribution >= 0.6 is 0 Å². The van der Waals surface area contributed by atoms with Crippen LogP contribution in [0.3, 0.4) is 0 Å². The molecule has 44 heavy (non-hydrogen) atoms. The van der Waals surface area contributed by atoms with E-state index < -0.39 is 12.1 Å². The number of hydrogen-bond acceptors (Lipinski definition) is 3. The van der Waals surface area contributed by atoms with Gasteiger partial charge in [0.05, 0.1) is 0 Å². The van der Waals surface area contributed by atoms with Gasteiger partial charge in [0.15, 0.2) is 0 Å². The van der Waals surface area contributed by atoms with Crippen LogP contribution < -0.4 is 10.6 Å². The van der Waals surface area contributed by atoms with Crippen LogP contribution in [0.4, 0.5) is 4.79 Å². The van der Waals surface area contributed by atoms with E-state index in [0.717, 1.165) is 19.3 Å². The van der Waals surface area contributed by atoms with Crippen molar-refractivity contribution in [3.63, 3.8) is 0 Å². The first kappa shape index (κ1) is 35.7. The molecular weight excluding hydrogens is 544 g/mol. The molecule has 0 fully saturated rings. The highest BCUT2D eigenvalue weighted by Gasteiger charge is 2.30. The van der Waals surface area contributed by atoms with Gasteiger partial charge < -0.3 is 15.4 Å². The van der Waals surface area contributed by atoms with Crippen molar-refractivity contribution in [2.75, 3.05) is 13.2 Å². The predicted octanol–water partition coefficient (Wildman–Crippen LogP) is 10.3. The first-order valence-corrected chi connectivity index (χ1v) is 18.0. The Hall–Kier alpha value is -2.82. The summed E-state index contributed by atoms with van der Waals surface area (Å²) < 4.78 is 5.72. The average Bonchev–Trinajstić information content (AvgIpc) is 3.37. The van der Waals surface area contributed by atoms with E-state index in [1.54, 1.807) is 0 Å². The van der Waals surface area contributed by atoms with Crippen LogP contribution in [0, 0.1) is 5.92 Å². The fraction of sp³-hybridized carbons (Fsp3) is 0.641. The zero-order chi connectivity index (χ0) is 31.4. The van der Waals surface area contributed by atoms with Crippen molar-refractivity contribution in [3.8, 4) is 11.1 Å². The van der Waals surface area contributed by atoms with Gasteiger partial charge in [-0.2, -0.15) is 0 Å². The van der Waals surface area contributed by atoms with Gasteiger partial charge in [0.25, 0.3) is 0 Å². The van der Waals surface area contributed by atoms with Crippen LogP contribution in [-0.2, 0) is 9.53 Å². The van der Waals surface area contributed by atoms with Gasteiger partial charge in [-0.1, -0.05) is 172 Å². The van der Waals surface area contributed by atoms with E-state index in [9.17, 15) is 9.59 Å². The van der Waals surface area contributed by atoms with Crippen molar-refractivity contribution in [2.45, 2.75) is 142 Å². The summed E-state index contributed by atoms with van der Waals surface area (Å²) in [5.41, 5.74) is 4.75. The lowest BCUT2D eigenvalue weighted by molar-refractivity contribution is -0.124. The molecular formula is C39H60N2O3. The molecule has 0 saturated heterocycles. The molecule has 0 spiro atoms. The van der Waals surface area contributed by atoms with Crippen molar-refractivity contribution in [1.29, 1.82) is 0 Å². The summed E-state index contributed by atoms with van der Waals surface area (Å²) in [5.74, 6) is -0.103. The molecule has 0 aromatic heterocycles. The minimum Gasteiger partial charge on any atom is -0.449 e. The third-order valence-electron chi connectivity index (χ3n) is 9.44. The zero-order valence-electron chi connectivity index (χ0n) is 28.0. The topological polar surface area (TPSA) is 67.4 Å². The molecule has 0 saturated carbocycles. The number of amides is 2. The first-order chi connectivity index (χ1) is 21.6. The standard InChI is InChI=1S/C39H60N2O3/c1-4-6-7-8-9-10-11-12-13-14-15-16-17-18-19-24-29-40-38(42)37(31(3)5-2)41-39(43)44-30-36-34-27-22-20-25-32(34)33-26-21-23-28-35(33)36/h20-23,25-28,31,36-37H,4-19,24,29-30H2,1-3H3,(H,40,42)(H,41,43)/t31-,37-/m0/s1. The van der Waals surface area contributed by atoms with E-state index in [1.165, 1.54) is 112 Å². The maximum atomic E-state index is 13.0. The Balaban J connectivity index is 1.26. The van der Waals surface area contributed by atoms with Gasteiger partial charge in [0.1, 0.15) is 12.6 Å². The molecule has 0 radical (unpaired) electrons. The second kappa shape index (κ2) is 21.0. The van der Waals surface area contributed by atoms with E-state index in [0.29, 0.717) is 6.54 Å². The summed E-state index contributed by atoms with van der Waals surface area (Å²) in [5, 5.41) is 5.94. The number of nitrogens with one attached hydrogen (secondary N) is 2. The number of carbonyl (C=O) groups excluding carboxylic acids is 2. The average molecular weight is 605 g/mol. The van der Waals surface area contributed by atoms with E-state index in [1.807, 2.05) is 38.1 Å². The summed E-state index contributed by atoms with van der Waals surface area (Å²) >= 11 is 0. The van der Waals surface area contributed by atoms with Crippen LogP contribution in [0.5, 0.6) is 0 Å².